The predicted octanol–water partition coefficient (Wildman–Crippen LogP) is 6.37. The Labute approximate surface area is 207 Å². The maximum absolute atomic E-state index is 12.3. The molecule has 0 aromatic heterocycles. The number of hydrogen-bond donors (Lipinski definition) is 1. The highest BCUT2D eigenvalue weighted by molar-refractivity contribution is 9.10. The third-order valence-electron chi connectivity index (χ3n) is 4.92. The van der Waals surface area contributed by atoms with E-state index < -0.39 is 0 Å². The molecule has 0 spiro atoms. The van der Waals surface area contributed by atoms with Crippen LogP contribution in [-0.2, 0) is 13.2 Å². The van der Waals surface area contributed by atoms with Gasteiger partial charge in [0.05, 0.1) is 6.21 Å². The van der Waals surface area contributed by atoms with Crippen molar-refractivity contribution in [2.45, 2.75) is 13.2 Å². The van der Waals surface area contributed by atoms with Crippen LogP contribution in [0.15, 0.2) is 113 Å². The molecule has 0 radical (unpaired) electrons. The second-order valence-electron chi connectivity index (χ2n) is 7.49. The number of hydrogen-bond acceptors (Lipinski definition) is 4. The zero-order valence-electron chi connectivity index (χ0n) is 18.4. The number of nitrogens with one attached hydrogen (secondary N) is 1. The van der Waals surface area contributed by atoms with Crippen molar-refractivity contribution in [1.29, 1.82) is 0 Å². The van der Waals surface area contributed by atoms with Gasteiger partial charge < -0.3 is 9.47 Å². The summed E-state index contributed by atoms with van der Waals surface area (Å²) in [6, 6.07) is 32.4. The molecule has 4 rings (SSSR count). The van der Waals surface area contributed by atoms with Crippen LogP contribution in [0.3, 0.4) is 0 Å². The minimum absolute atomic E-state index is 0.294. The lowest BCUT2D eigenvalue weighted by Crippen LogP contribution is -2.17. The van der Waals surface area contributed by atoms with Crippen molar-refractivity contribution in [3.05, 3.63) is 130 Å². The number of carbonyl (C=O) groups is 1. The van der Waals surface area contributed by atoms with Gasteiger partial charge in [-0.25, -0.2) is 5.43 Å². The highest BCUT2D eigenvalue weighted by atomic mass is 79.9. The van der Waals surface area contributed by atoms with E-state index in [9.17, 15) is 4.79 Å². The lowest BCUT2D eigenvalue weighted by molar-refractivity contribution is 0.0955. The molecule has 0 aliphatic heterocycles. The van der Waals surface area contributed by atoms with Crippen LogP contribution in [-0.4, -0.2) is 12.1 Å². The summed E-state index contributed by atoms with van der Waals surface area (Å²) in [4.78, 5) is 12.3. The number of carbonyl (C=O) groups excluding carboxylic acids is 1. The van der Waals surface area contributed by atoms with E-state index in [1.54, 1.807) is 30.5 Å². The molecule has 1 amide bonds. The maximum Gasteiger partial charge on any atom is 0.271 e. The van der Waals surface area contributed by atoms with Crippen LogP contribution in [0.5, 0.6) is 11.5 Å². The van der Waals surface area contributed by atoms with E-state index in [0.717, 1.165) is 26.9 Å². The Balaban J connectivity index is 1.23. The number of ether oxygens (including phenoxy) is 2. The fourth-order valence-electron chi connectivity index (χ4n) is 3.12. The van der Waals surface area contributed by atoms with Gasteiger partial charge in [-0.3, -0.25) is 4.79 Å². The zero-order valence-corrected chi connectivity index (χ0v) is 19.9. The van der Waals surface area contributed by atoms with Gasteiger partial charge in [-0.05, 0) is 77.4 Å². The summed E-state index contributed by atoms with van der Waals surface area (Å²) in [5.41, 5.74) is 6.06. The van der Waals surface area contributed by atoms with Crippen molar-refractivity contribution in [2.75, 3.05) is 0 Å². The van der Waals surface area contributed by atoms with E-state index in [1.807, 2.05) is 78.9 Å². The number of halogens is 1. The summed E-state index contributed by atoms with van der Waals surface area (Å²) in [5, 5.41) is 4.05. The van der Waals surface area contributed by atoms with E-state index >= 15 is 0 Å². The summed E-state index contributed by atoms with van der Waals surface area (Å²) in [7, 11) is 0. The van der Waals surface area contributed by atoms with Crippen molar-refractivity contribution in [3.8, 4) is 11.5 Å². The van der Waals surface area contributed by atoms with Gasteiger partial charge >= 0.3 is 0 Å². The molecule has 34 heavy (non-hydrogen) atoms. The largest absolute Gasteiger partial charge is 0.489 e. The molecule has 0 saturated heterocycles. The molecule has 0 unspecified atom stereocenters. The fraction of sp³-hybridized carbons (Fsp3) is 0.0714. The third-order valence-corrected chi connectivity index (χ3v) is 5.41. The first-order chi connectivity index (χ1) is 16.7. The molecule has 0 bridgehead atoms. The van der Waals surface area contributed by atoms with Gasteiger partial charge in [0.2, 0.25) is 0 Å². The summed E-state index contributed by atoms with van der Waals surface area (Å²) in [5.74, 6) is 1.17. The highest BCUT2D eigenvalue weighted by Gasteiger charge is 2.05. The summed E-state index contributed by atoms with van der Waals surface area (Å²) in [6.45, 7) is 0.962. The second-order valence-corrected chi connectivity index (χ2v) is 8.40. The number of nitrogens with zero attached hydrogens (tertiary/aromatic N) is 1. The second kappa shape index (κ2) is 11.8. The average molecular weight is 515 g/mol. The van der Waals surface area contributed by atoms with E-state index in [0.29, 0.717) is 24.5 Å². The Bertz CT molecular complexity index is 1240. The summed E-state index contributed by atoms with van der Waals surface area (Å²) >= 11 is 3.45. The highest BCUT2D eigenvalue weighted by Crippen LogP contribution is 2.17. The standard InChI is InChI=1S/C28H23BrN2O3/c29-25-8-4-7-23(17-25)20-34-27-15-11-24(12-16-27)28(32)31-30-18-21-9-13-26(14-10-21)33-19-22-5-2-1-3-6-22/h1-18H,19-20H2,(H,31,32)/b30-18+. The fourth-order valence-corrected chi connectivity index (χ4v) is 3.56. The van der Waals surface area contributed by atoms with Gasteiger partial charge in [0.25, 0.3) is 5.91 Å². The monoisotopic (exact) mass is 514 g/mol. The van der Waals surface area contributed by atoms with E-state index in [4.69, 9.17) is 9.47 Å². The van der Waals surface area contributed by atoms with Gasteiger partial charge in [-0.2, -0.15) is 5.10 Å². The van der Waals surface area contributed by atoms with E-state index in [1.165, 1.54) is 0 Å². The molecule has 0 atom stereocenters. The maximum atomic E-state index is 12.3. The topological polar surface area (TPSA) is 59.9 Å². The minimum Gasteiger partial charge on any atom is -0.489 e. The van der Waals surface area contributed by atoms with E-state index in [2.05, 4.69) is 26.5 Å². The van der Waals surface area contributed by atoms with Crippen molar-refractivity contribution < 1.29 is 14.3 Å². The minimum atomic E-state index is -0.294. The Morgan fingerprint density at radius 1 is 0.765 bits per heavy atom. The molecule has 0 aliphatic carbocycles. The molecule has 0 aliphatic rings. The zero-order chi connectivity index (χ0) is 23.6. The Morgan fingerprint density at radius 3 is 2.06 bits per heavy atom. The molecule has 170 valence electrons. The number of amides is 1. The Morgan fingerprint density at radius 2 is 1.38 bits per heavy atom. The number of rotatable bonds is 9. The van der Waals surface area contributed by atoms with Crippen molar-refractivity contribution in [2.24, 2.45) is 5.10 Å². The van der Waals surface area contributed by atoms with Crippen LogP contribution in [0, 0.1) is 0 Å². The number of benzene rings is 4. The molecular formula is C28H23BrN2O3. The number of hydrazone groups is 1. The molecule has 0 saturated carbocycles. The summed E-state index contributed by atoms with van der Waals surface area (Å²) < 4.78 is 12.6. The quantitative estimate of drug-likeness (QED) is 0.208. The smallest absolute Gasteiger partial charge is 0.271 e. The van der Waals surface area contributed by atoms with Gasteiger partial charge in [0.1, 0.15) is 24.7 Å². The third kappa shape index (κ3) is 7.05. The Kier molecular flexibility index (Phi) is 8.08. The first-order valence-corrected chi connectivity index (χ1v) is 11.5. The molecular weight excluding hydrogens is 492 g/mol. The Hall–Kier alpha value is -3.90. The lowest BCUT2D eigenvalue weighted by atomic mass is 10.2. The van der Waals surface area contributed by atoms with Crippen LogP contribution in [0.25, 0.3) is 0 Å². The van der Waals surface area contributed by atoms with Crippen LogP contribution < -0.4 is 14.9 Å². The molecule has 4 aromatic rings. The van der Waals surface area contributed by atoms with Gasteiger partial charge in [-0.1, -0.05) is 58.4 Å². The molecule has 0 heterocycles. The average Bonchev–Trinajstić information content (AvgIpc) is 2.88. The summed E-state index contributed by atoms with van der Waals surface area (Å²) in [6.07, 6.45) is 1.59. The van der Waals surface area contributed by atoms with Crippen LogP contribution in [0.4, 0.5) is 0 Å². The molecule has 6 heteroatoms. The normalized spacial score (nSPS) is 10.7. The molecule has 1 N–H and O–H groups in total. The molecule has 4 aromatic carbocycles. The van der Waals surface area contributed by atoms with Crippen LogP contribution in [0.2, 0.25) is 0 Å². The molecule has 5 nitrogen and oxygen atoms in total. The first-order valence-electron chi connectivity index (χ1n) is 10.7. The van der Waals surface area contributed by atoms with Crippen molar-refractivity contribution >= 4 is 28.1 Å². The van der Waals surface area contributed by atoms with E-state index in [-0.39, 0.29) is 5.91 Å². The van der Waals surface area contributed by atoms with Gasteiger partial charge in [-0.15, -0.1) is 0 Å². The van der Waals surface area contributed by atoms with Crippen LogP contribution in [0.1, 0.15) is 27.0 Å². The SMILES string of the molecule is O=C(N/N=C/c1ccc(OCc2ccccc2)cc1)c1ccc(OCc2cccc(Br)c2)cc1. The van der Waals surface area contributed by atoms with Crippen molar-refractivity contribution in [1.82, 2.24) is 5.43 Å². The van der Waals surface area contributed by atoms with Gasteiger partial charge in [0.15, 0.2) is 0 Å². The van der Waals surface area contributed by atoms with Gasteiger partial charge in [0, 0.05) is 10.0 Å². The lowest BCUT2D eigenvalue weighted by Gasteiger charge is -2.07. The predicted molar refractivity (Wildman–Crippen MR) is 137 cm³/mol. The first kappa shape index (κ1) is 23.3. The van der Waals surface area contributed by atoms with Crippen LogP contribution >= 0.6 is 15.9 Å². The molecule has 0 fully saturated rings. The van der Waals surface area contributed by atoms with Crippen molar-refractivity contribution in [3.63, 3.8) is 0 Å².